The van der Waals surface area contributed by atoms with E-state index in [4.69, 9.17) is 9.15 Å². The third kappa shape index (κ3) is 2.88. The van der Waals surface area contributed by atoms with Crippen LogP contribution in [0.2, 0.25) is 0 Å². The Balaban J connectivity index is 2.01. The first-order valence-corrected chi connectivity index (χ1v) is 5.95. The van der Waals surface area contributed by atoms with Crippen molar-refractivity contribution in [2.24, 2.45) is 5.92 Å². The lowest BCUT2D eigenvalue weighted by atomic mass is 10.1. The van der Waals surface area contributed by atoms with Crippen LogP contribution in [-0.4, -0.2) is 31.1 Å². The van der Waals surface area contributed by atoms with E-state index in [0.717, 1.165) is 24.4 Å². The summed E-state index contributed by atoms with van der Waals surface area (Å²) in [5.74, 6) is 2.09. The summed E-state index contributed by atoms with van der Waals surface area (Å²) in [6, 6.07) is 3.76. The highest BCUT2D eigenvalue weighted by Gasteiger charge is 2.39. The van der Waals surface area contributed by atoms with Crippen LogP contribution < -0.4 is 0 Å². The third-order valence-electron chi connectivity index (χ3n) is 3.19. The van der Waals surface area contributed by atoms with Gasteiger partial charge in [-0.1, -0.05) is 0 Å². The number of furan rings is 1. The molecule has 0 spiro atoms. The van der Waals surface area contributed by atoms with Crippen molar-refractivity contribution in [3.05, 3.63) is 23.7 Å². The normalized spacial score (nSPS) is 17.2. The van der Waals surface area contributed by atoms with Crippen LogP contribution in [0.5, 0.6) is 0 Å². The van der Waals surface area contributed by atoms with Gasteiger partial charge in [-0.25, -0.2) is 0 Å². The Bertz CT molecular complexity index is 395. The lowest BCUT2D eigenvalue weighted by molar-refractivity contribution is -0.147. The Kier molecular flexibility index (Phi) is 3.52. The van der Waals surface area contributed by atoms with Crippen LogP contribution >= 0.6 is 0 Å². The van der Waals surface area contributed by atoms with Crippen molar-refractivity contribution in [1.82, 2.24) is 4.90 Å². The van der Waals surface area contributed by atoms with E-state index in [1.54, 1.807) is 0 Å². The minimum atomic E-state index is -0.140. The molecule has 4 nitrogen and oxygen atoms in total. The van der Waals surface area contributed by atoms with Crippen molar-refractivity contribution in [1.29, 1.82) is 0 Å². The second-order valence-electron chi connectivity index (χ2n) is 4.73. The van der Waals surface area contributed by atoms with Crippen molar-refractivity contribution in [2.75, 3.05) is 14.2 Å². The molecule has 1 heterocycles. The summed E-state index contributed by atoms with van der Waals surface area (Å²) in [7, 11) is 3.39. The van der Waals surface area contributed by atoms with E-state index in [2.05, 4.69) is 0 Å². The average Bonchev–Trinajstić information content (AvgIpc) is 3.03. The van der Waals surface area contributed by atoms with Crippen LogP contribution in [0.25, 0.3) is 0 Å². The summed E-state index contributed by atoms with van der Waals surface area (Å²) in [6.45, 7) is 2.56. The average molecular weight is 237 g/mol. The molecule has 4 heteroatoms. The summed E-state index contributed by atoms with van der Waals surface area (Å²) < 4.78 is 10.4. The van der Waals surface area contributed by atoms with Crippen LogP contribution in [0.4, 0.5) is 0 Å². The molecule has 2 rings (SSSR count). The quantitative estimate of drug-likeness (QED) is 0.734. The Hall–Kier alpha value is -1.29. The van der Waals surface area contributed by atoms with Gasteiger partial charge in [0.2, 0.25) is 0 Å². The highest BCUT2D eigenvalue weighted by atomic mass is 16.5. The van der Waals surface area contributed by atoms with Crippen molar-refractivity contribution in [3.8, 4) is 0 Å². The minimum absolute atomic E-state index is 0.134. The third-order valence-corrected chi connectivity index (χ3v) is 3.19. The van der Waals surface area contributed by atoms with Crippen molar-refractivity contribution in [3.63, 3.8) is 0 Å². The smallest absolute Gasteiger partial charge is 0.323 e. The van der Waals surface area contributed by atoms with E-state index in [1.807, 2.05) is 31.0 Å². The Morgan fingerprint density at radius 3 is 2.76 bits per heavy atom. The van der Waals surface area contributed by atoms with Gasteiger partial charge in [0.1, 0.15) is 17.6 Å². The first kappa shape index (κ1) is 12.2. The summed E-state index contributed by atoms with van der Waals surface area (Å²) >= 11 is 0. The Labute approximate surface area is 102 Å². The molecular formula is C13H19NO3. The van der Waals surface area contributed by atoms with Gasteiger partial charge in [-0.15, -0.1) is 0 Å². The molecule has 1 fully saturated rings. The fraction of sp³-hybridized carbons (Fsp3) is 0.615. The number of esters is 1. The van der Waals surface area contributed by atoms with Gasteiger partial charge in [0, 0.05) is 0 Å². The van der Waals surface area contributed by atoms with Crippen LogP contribution in [0.3, 0.4) is 0 Å². The summed E-state index contributed by atoms with van der Waals surface area (Å²) in [5.41, 5.74) is 0. The highest BCUT2D eigenvalue weighted by Crippen LogP contribution is 2.36. The van der Waals surface area contributed by atoms with Gasteiger partial charge in [-0.3, -0.25) is 9.69 Å². The number of methoxy groups -OCH3 is 1. The number of carbonyl (C=O) groups is 1. The largest absolute Gasteiger partial charge is 0.468 e. The number of nitrogens with zero attached hydrogens (tertiary/aromatic N) is 1. The standard InChI is InChI=1S/C13H19NO3/c1-9-4-7-11(17-9)8-14(2)12(10-5-6-10)13(15)16-3/h4,7,10,12H,5-6,8H2,1-3H3. The van der Waals surface area contributed by atoms with Crippen LogP contribution in [0.1, 0.15) is 24.4 Å². The fourth-order valence-corrected chi connectivity index (χ4v) is 2.18. The fourth-order valence-electron chi connectivity index (χ4n) is 2.18. The number of carbonyl (C=O) groups excluding carboxylic acids is 1. The van der Waals surface area contributed by atoms with Gasteiger partial charge in [0.05, 0.1) is 13.7 Å². The molecule has 0 aliphatic heterocycles. The Morgan fingerprint density at radius 2 is 2.29 bits per heavy atom. The SMILES string of the molecule is COC(=O)C(C1CC1)N(C)Cc1ccc(C)o1. The van der Waals surface area contributed by atoms with Crippen molar-refractivity contribution in [2.45, 2.75) is 32.4 Å². The molecular weight excluding hydrogens is 218 g/mol. The summed E-state index contributed by atoms with van der Waals surface area (Å²) in [6.07, 6.45) is 2.22. The van der Waals surface area contributed by atoms with E-state index in [-0.39, 0.29) is 12.0 Å². The molecule has 1 unspecified atom stereocenters. The molecule has 1 aromatic rings. The van der Waals surface area contributed by atoms with E-state index in [0.29, 0.717) is 12.5 Å². The first-order chi connectivity index (χ1) is 8.11. The molecule has 0 aromatic carbocycles. The predicted molar refractivity (Wildman–Crippen MR) is 63.4 cm³/mol. The van der Waals surface area contributed by atoms with E-state index in [9.17, 15) is 4.79 Å². The van der Waals surface area contributed by atoms with Crippen LogP contribution in [0.15, 0.2) is 16.5 Å². The van der Waals surface area contributed by atoms with E-state index >= 15 is 0 Å². The zero-order valence-electron chi connectivity index (χ0n) is 10.6. The maximum atomic E-state index is 11.7. The van der Waals surface area contributed by atoms with Gasteiger partial charge < -0.3 is 9.15 Å². The second-order valence-corrected chi connectivity index (χ2v) is 4.73. The molecule has 0 amide bonds. The molecule has 0 bridgehead atoms. The molecule has 1 saturated carbocycles. The zero-order chi connectivity index (χ0) is 12.4. The topological polar surface area (TPSA) is 42.7 Å². The van der Waals surface area contributed by atoms with Crippen LogP contribution in [-0.2, 0) is 16.1 Å². The molecule has 94 valence electrons. The first-order valence-electron chi connectivity index (χ1n) is 5.95. The lowest BCUT2D eigenvalue weighted by Gasteiger charge is -2.24. The molecule has 17 heavy (non-hydrogen) atoms. The zero-order valence-corrected chi connectivity index (χ0v) is 10.6. The molecule has 1 aromatic heterocycles. The van der Waals surface area contributed by atoms with E-state index in [1.165, 1.54) is 7.11 Å². The number of rotatable bonds is 5. The number of ether oxygens (including phenoxy) is 1. The van der Waals surface area contributed by atoms with Crippen LogP contribution in [0, 0.1) is 12.8 Å². The molecule has 1 aliphatic carbocycles. The van der Waals surface area contributed by atoms with Gasteiger partial charge in [0.15, 0.2) is 0 Å². The molecule has 1 aliphatic rings. The maximum Gasteiger partial charge on any atom is 0.323 e. The van der Waals surface area contributed by atoms with Gasteiger partial charge in [0.25, 0.3) is 0 Å². The van der Waals surface area contributed by atoms with Crippen molar-refractivity contribution < 1.29 is 13.9 Å². The number of aryl methyl sites for hydroxylation is 1. The van der Waals surface area contributed by atoms with Gasteiger partial charge in [-0.05, 0) is 44.9 Å². The Morgan fingerprint density at radius 1 is 1.59 bits per heavy atom. The molecule has 0 radical (unpaired) electrons. The second kappa shape index (κ2) is 4.92. The summed E-state index contributed by atoms with van der Waals surface area (Å²) in [5, 5.41) is 0. The lowest BCUT2D eigenvalue weighted by Crippen LogP contribution is -2.40. The molecule has 0 N–H and O–H groups in total. The number of likely N-dealkylation sites (N-methyl/N-ethyl adjacent to an activating group) is 1. The summed E-state index contributed by atoms with van der Waals surface area (Å²) in [4.78, 5) is 13.8. The van der Waals surface area contributed by atoms with Gasteiger partial charge in [-0.2, -0.15) is 0 Å². The van der Waals surface area contributed by atoms with Gasteiger partial charge >= 0.3 is 5.97 Å². The molecule has 1 atom stereocenters. The van der Waals surface area contributed by atoms with E-state index < -0.39 is 0 Å². The predicted octanol–water partition coefficient (Wildman–Crippen LogP) is 1.97. The highest BCUT2D eigenvalue weighted by molar-refractivity contribution is 5.76. The monoisotopic (exact) mass is 237 g/mol. The minimum Gasteiger partial charge on any atom is -0.468 e. The maximum absolute atomic E-state index is 11.7. The number of hydrogen-bond acceptors (Lipinski definition) is 4. The number of hydrogen-bond donors (Lipinski definition) is 0. The van der Waals surface area contributed by atoms with Crippen molar-refractivity contribution >= 4 is 5.97 Å². The molecule has 0 saturated heterocycles.